The van der Waals surface area contributed by atoms with Gasteiger partial charge in [-0.3, -0.25) is 9.59 Å². The van der Waals surface area contributed by atoms with Crippen LogP contribution in [0.4, 0.5) is 0 Å². The molecule has 7 nitrogen and oxygen atoms in total. The number of carbonyl (C=O) groups excluding carboxylic acids is 2. The second kappa shape index (κ2) is 7.50. The van der Waals surface area contributed by atoms with E-state index in [1.807, 2.05) is 74.5 Å². The molecule has 3 aromatic rings. The van der Waals surface area contributed by atoms with Gasteiger partial charge in [0.25, 0.3) is 11.8 Å². The molecule has 0 saturated carbocycles. The number of aromatic nitrogens is 3. The summed E-state index contributed by atoms with van der Waals surface area (Å²) in [6, 6.07) is 18.8. The highest BCUT2D eigenvalue weighted by Gasteiger charge is 2.39. The third kappa shape index (κ3) is 3.76. The molecule has 2 aromatic carbocycles. The molecule has 1 aliphatic heterocycles. The van der Waals surface area contributed by atoms with E-state index in [4.69, 9.17) is 0 Å². The van der Waals surface area contributed by atoms with Gasteiger partial charge >= 0.3 is 0 Å². The van der Waals surface area contributed by atoms with Crippen LogP contribution in [0, 0.1) is 0 Å². The summed E-state index contributed by atoms with van der Waals surface area (Å²) in [7, 11) is 0. The van der Waals surface area contributed by atoms with E-state index in [2.05, 4.69) is 10.1 Å². The normalized spacial score (nSPS) is 15.9. The van der Waals surface area contributed by atoms with Crippen LogP contribution in [0.3, 0.4) is 0 Å². The molecule has 7 heteroatoms. The number of carbonyl (C=O) groups is 2. The first-order valence-corrected chi connectivity index (χ1v) is 9.59. The summed E-state index contributed by atoms with van der Waals surface area (Å²) < 4.78 is 1.59. The van der Waals surface area contributed by atoms with Crippen LogP contribution in [-0.2, 0) is 0 Å². The molecule has 4 rings (SSSR count). The van der Waals surface area contributed by atoms with Crippen molar-refractivity contribution in [3.05, 3.63) is 78.4 Å². The molecule has 0 unspecified atom stereocenters. The maximum absolute atomic E-state index is 13.1. The average Bonchev–Trinajstić information content (AvgIpc) is 3.24. The first-order valence-electron chi connectivity index (χ1n) is 9.59. The molecule has 1 fully saturated rings. The van der Waals surface area contributed by atoms with Crippen molar-refractivity contribution in [1.82, 2.24) is 24.6 Å². The van der Waals surface area contributed by atoms with Gasteiger partial charge in [-0.2, -0.15) is 0 Å². The highest BCUT2D eigenvalue weighted by atomic mass is 16.2. The number of rotatable bonds is 3. The summed E-state index contributed by atoms with van der Waals surface area (Å²) in [6.07, 6.45) is 1.55. The van der Waals surface area contributed by atoms with Gasteiger partial charge in [0.1, 0.15) is 6.33 Å². The van der Waals surface area contributed by atoms with Crippen LogP contribution in [-0.4, -0.2) is 61.6 Å². The SMILES string of the molecule is CC1(C)CN(C(=O)c2ccccc2)CCN1C(=O)c1ncn(-c2ccccc2)n1. The molecule has 0 aliphatic carbocycles. The van der Waals surface area contributed by atoms with Gasteiger partial charge in [-0.15, -0.1) is 5.10 Å². The Labute approximate surface area is 169 Å². The van der Waals surface area contributed by atoms with Crippen LogP contribution in [0.2, 0.25) is 0 Å². The zero-order valence-corrected chi connectivity index (χ0v) is 16.5. The second-order valence-electron chi connectivity index (χ2n) is 7.71. The van der Waals surface area contributed by atoms with Crippen molar-refractivity contribution in [2.45, 2.75) is 19.4 Å². The predicted octanol–water partition coefficient (Wildman–Crippen LogP) is 2.64. The smallest absolute Gasteiger partial charge is 0.294 e. The maximum Gasteiger partial charge on any atom is 0.294 e. The number of amides is 2. The van der Waals surface area contributed by atoms with Crippen molar-refractivity contribution in [3.8, 4) is 5.69 Å². The Kier molecular flexibility index (Phi) is 4.88. The fourth-order valence-corrected chi connectivity index (χ4v) is 3.65. The van der Waals surface area contributed by atoms with E-state index in [1.54, 1.807) is 20.8 Å². The van der Waals surface area contributed by atoms with E-state index in [1.165, 1.54) is 0 Å². The predicted molar refractivity (Wildman–Crippen MR) is 109 cm³/mol. The first-order chi connectivity index (χ1) is 14.0. The van der Waals surface area contributed by atoms with Gasteiger partial charge in [-0.1, -0.05) is 36.4 Å². The molecular weight excluding hydrogens is 366 g/mol. The minimum atomic E-state index is -0.530. The third-order valence-corrected chi connectivity index (χ3v) is 5.16. The number of nitrogens with zero attached hydrogens (tertiary/aromatic N) is 5. The van der Waals surface area contributed by atoms with Crippen molar-refractivity contribution < 1.29 is 9.59 Å². The molecule has 0 bridgehead atoms. The lowest BCUT2D eigenvalue weighted by molar-refractivity contribution is 0.0160. The maximum atomic E-state index is 13.1. The highest BCUT2D eigenvalue weighted by Crippen LogP contribution is 2.24. The largest absolute Gasteiger partial charge is 0.335 e. The Hall–Kier alpha value is -3.48. The summed E-state index contributed by atoms with van der Waals surface area (Å²) in [5, 5.41) is 4.36. The Morgan fingerprint density at radius 2 is 1.55 bits per heavy atom. The van der Waals surface area contributed by atoms with Gasteiger partial charge < -0.3 is 9.80 Å². The van der Waals surface area contributed by atoms with Crippen molar-refractivity contribution in [2.24, 2.45) is 0 Å². The molecule has 1 aromatic heterocycles. The molecule has 0 spiro atoms. The zero-order valence-electron chi connectivity index (χ0n) is 16.5. The first kappa shape index (κ1) is 18.9. The van der Waals surface area contributed by atoms with Crippen LogP contribution in [0.25, 0.3) is 5.69 Å². The molecule has 0 radical (unpaired) electrons. The second-order valence-corrected chi connectivity index (χ2v) is 7.71. The fraction of sp³-hybridized carbons (Fsp3) is 0.273. The van der Waals surface area contributed by atoms with Gasteiger partial charge in [0.15, 0.2) is 0 Å². The zero-order chi connectivity index (χ0) is 20.4. The molecule has 29 heavy (non-hydrogen) atoms. The quantitative estimate of drug-likeness (QED) is 0.690. The van der Waals surface area contributed by atoms with Gasteiger partial charge in [0.05, 0.1) is 11.2 Å². The van der Waals surface area contributed by atoms with Crippen LogP contribution >= 0.6 is 0 Å². The molecular formula is C22H23N5O2. The van der Waals surface area contributed by atoms with E-state index in [0.717, 1.165) is 5.69 Å². The van der Waals surface area contributed by atoms with Crippen LogP contribution in [0.1, 0.15) is 34.8 Å². The lowest BCUT2D eigenvalue weighted by Gasteiger charge is -2.46. The average molecular weight is 389 g/mol. The Morgan fingerprint density at radius 3 is 2.21 bits per heavy atom. The number of hydrogen-bond acceptors (Lipinski definition) is 4. The van der Waals surface area contributed by atoms with Crippen molar-refractivity contribution in [2.75, 3.05) is 19.6 Å². The highest BCUT2D eigenvalue weighted by molar-refractivity contribution is 5.95. The summed E-state index contributed by atoms with van der Waals surface area (Å²) in [5.74, 6) is -0.0847. The standard InChI is InChI=1S/C22H23N5O2/c1-22(2)15-25(20(28)17-9-5-3-6-10-17)13-14-26(22)21(29)19-23-16-27(24-19)18-11-7-4-8-12-18/h3-12,16H,13-15H2,1-2H3. The third-order valence-electron chi connectivity index (χ3n) is 5.16. The lowest BCUT2D eigenvalue weighted by Crippen LogP contribution is -2.62. The minimum absolute atomic E-state index is 0.0164. The molecule has 0 N–H and O–H groups in total. The number of piperazine rings is 1. The minimum Gasteiger partial charge on any atom is -0.335 e. The van der Waals surface area contributed by atoms with E-state index in [9.17, 15) is 9.59 Å². The lowest BCUT2D eigenvalue weighted by atomic mass is 9.97. The Morgan fingerprint density at radius 1 is 0.897 bits per heavy atom. The fourth-order valence-electron chi connectivity index (χ4n) is 3.65. The number of benzene rings is 2. The molecule has 148 valence electrons. The van der Waals surface area contributed by atoms with Gasteiger partial charge in [-0.05, 0) is 38.1 Å². The number of hydrogen-bond donors (Lipinski definition) is 0. The van der Waals surface area contributed by atoms with E-state index >= 15 is 0 Å². The van der Waals surface area contributed by atoms with Crippen LogP contribution < -0.4 is 0 Å². The van der Waals surface area contributed by atoms with Crippen molar-refractivity contribution >= 4 is 11.8 Å². The summed E-state index contributed by atoms with van der Waals surface area (Å²) in [5.41, 5.74) is 0.973. The van der Waals surface area contributed by atoms with Crippen molar-refractivity contribution in [1.29, 1.82) is 0 Å². The molecule has 0 atom stereocenters. The van der Waals surface area contributed by atoms with E-state index in [-0.39, 0.29) is 17.6 Å². The van der Waals surface area contributed by atoms with Gasteiger partial charge in [0, 0.05) is 25.2 Å². The summed E-state index contributed by atoms with van der Waals surface area (Å²) in [4.78, 5) is 33.7. The Bertz CT molecular complexity index is 1010. The van der Waals surface area contributed by atoms with E-state index < -0.39 is 5.54 Å². The van der Waals surface area contributed by atoms with E-state index in [0.29, 0.717) is 25.2 Å². The van der Waals surface area contributed by atoms with Crippen LogP contribution in [0.5, 0.6) is 0 Å². The molecule has 2 amide bonds. The topological polar surface area (TPSA) is 71.3 Å². The summed E-state index contributed by atoms with van der Waals surface area (Å²) in [6.45, 7) is 5.28. The molecule has 2 heterocycles. The molecule has 1 aliphatic rings. The van der Waals surface area contributed by atoms with Gasteiger partial charge in [0.2, 0.25) is 5.82 Å². The Balaban J connectivity index is 1.49. The van der Waals surface area contributed by atoms with Gasteiger partial charge in [-0.25, -0.2) is 9.67 Å². The number of para-hydroxylation sites is 1. The van der Waals surface area contributed by atoms with Crippen LogP contribution in [0.15, 0.2) is 67.0 Å². The monoisotopic (exact) mass is 389 g/mol. The summed E-state index contributed by atoms with van der Waals surface area (Å²) >= 11 is 0. The van der Waals surface area contributed by atoms with Crippen molar-refractivity contribution in [3.63, 3.8) is 0 Å². The molecule has 1 saturated heterocycles.